The minimum absolute atomic E-state index is 0.0296. The number of esters is 1. The minimum Gasteiger partial charge on any atom is -0.463 e. The molecule has 7 heteroatoms. The van der Waals surface area contributed by atoms with Gasteiger partial charge in [0.2, 0.25) is 11.8 Å². The van der Waals surface area contributed by atoms with Crippen molar-refractivity contribution in [3.05, 3.63) is 40.9 Å². The summed E-state index contributed by atoms with van der Waals surface area (Å²) in [4.78, 5) is 37.9. The highest BCUT2D eigenvalue weighted by Gasteiger charge is 2.35. The standard InChI is InChI=1S/C20H26N2O4S/c1-6-26-18(24)11-17-22(16(23)12-27-17)13(2)19(25)21-15-9-7-14(8-10-15)20(3,4)5/h7-11,13H,6,12H2,1-5H3,(H,21,25)/b17-11-. The predicted octanol–water partition coefficient (Wildman–Crippen LogP) is 3.29. The zero-order valence-electron chi connectivity index (χ0n) is 16.4. The van der Waals surface area contributed by atoms with E-state index >= 15 is 0 Å². The Kier molecular flexibility index (Phi) is 6.70. The second kappa shape index (κ2) is 8.61. The van der Waals surface area contributed by atoms with Crippen LogP contribution in [0, 0.1) is 0 Å². The van der Waals surface area contributed by atoms with E-state index in [1.807, 2.05) is 24.3 Å². The Morgan fingerprint density at radius 3 is 2.48 bits per heavy atom. The molecule has 1 heterocycles. The monoisotopic (exact) mass is 390 g/mol. The number of hydrogen-bond donors (Lipinski definition) is 1. The van der Waals surface area contributed by atoms with Crippen molar-refractivity contribution in [1.82, 2.24) is 4.90 Å². The number of nitrogens with zero attached hydrogens (tertiary/aromatic N) is 1. The maximum absolute atomic E-state index is 12.6. The van der Waals surface area contributed by atoms with Crippen LogP contribution in [-0.4, -0.2) is 41.1 Å². The van der Waals surface area contributed by atoms with Crippen LogP contribution < -0.4 is 5.32 Å². The number of carbonyl (C=O) groups is 3. The molecule has 1 aromatic rings. The third-order valence-electron chi connectivity index (χ3n) is 4.16. The first-order valence-electron chi connectivity index (χ1n) is 8.88. The van der Waals surface area contributed by atoms with E-state index in [1.54, 1.807) is 13.8 Å². The Labute approximate surface area is 164 Å². The Morgan fingerprint density at radius 1 is 1.30 bits per heavy atom. The quantitative estimate of drug-likeness (QED) is 0.617. The van der Waals surface area contributed by atoms with Crippen molar-refractivity contribution >= 4 is 35.2 Å². The molecule has 0 saturated carbocycles. The summed E-state index contributed by atoms with van der Waals surface area (Å²) in [5.41, 5.74) is 1.86. The topological polar surface area (TPSA) is 75.7 Å². The molecule has 1 unspecified atom stereocenters. The van der Waals surface area contributed by atoms with E-state index < -0.39 is 12.0 Å². The molecule has 0 aliphatic carbocycles. The van der Waals surface area contributed by atoms with Crippen LogP contribution in [0.25, 0.3) is 0 Å². The molecule has 146 valence electrons. The van der Waals surface area contributed by atoms with Crippen LogP contribution >= 0.6 is 11.8 Å². The number of carbonyl (C=O) groups excluding carboxylic acids is 3. The Hall–Kier alpha value is -2.28. The SMILES string of the molecule is CCOC(=O)/C=C1\SCC(=O)N1C(C)C(=O)Nc1ccc(C(C)(C)C)cc1. The normalized spacial score (nSPS) is 17.1. The van der Waals surface area contributed by atoms with Crippen molar-refractivity contribution in [2.45, 2.75) is 46.1 Å². The van der Waals surface area contributed by atoms with E-state index in [2.05, 4.69) is 26.1 Å². The zero-order valence-corrected chi connectivity index (χ0v) is 17.2. The Bertz CT molecular complexity index is 750. The molecule has 2 amide bonds. The first-order chi connectivity index (χ1) is 12.6. The number of nitrogens with one attached hydrogen (secondary N) is 1. The van der Waals surface area contributed by atoms with Gasteiger partial charge in [0.05, 0.1) is 23.5 Å². The fourth-order valence-corrected chi connectivity index (χ4v) is 3.61. The van der Waals surface area contributed by atoms with Gasteiger partial charge in [0.15, 0.2) is 0 Å². The van der Waals surface area contributed by atoms with Crippen LogP contribution in [0.15, 0.2) is 35.4 Å². The van der Waals surface area contributed by atoms with Gasteiger partial charge in [0, 0.05) is 5.69 Å². The van der Waals surface area contributed by atoms with Crippen LogP contribution in [-0.2, 0) is 24.5 Å². The number of benzene rings is 1. The number of hydrogen-bond acceptors (Lipinski definition) is 5. The van der Waals surface area contributed by atoms with Crippen LogP contribution in [0.2, 0.25) is 0 Å². The van der Waals surface area contributed by atoms with Crippen molar-refractivity contribution in [2.24, 2.45) is 0 Å². The van der Waals surface area contributed by atoms with Crippen LogP contribution in [0.4, 0.5) is 5.69 Å². The summed E-state index contributed by atoms with van der Waals surface area (Å²) in [7, 11) is 0. The van der Waals surface area contributed by atoms with Crippen LogP contribution in [0.5, 0.6) is 0 Å². The fraction of sp³-hybridized carbons (Fsp3) is 0.450. The van der Waals surface area contributed by atoms with Gasteiger partial charge in [-0.3, -0.25) is 14.5 Å². The summed E-state index contributed by atoms with van der Waals surface area (Å²) in [5.74, 6) is -0.848. The average Bonchev–Trinajstić information content (AvgIpc) is 2.94. The van der Waals surface area contributed by atoms with Gasteiger partial charge in [-0.05, 0) is 37.0 Å². The average molecular weight is 391 g/mol. The second-order valence-corrected chi connectivity index (χ2v) is 8.28. The molecule has 1 saturated heterocycles. The summed E-state index contributed by atoms with van der Waals surface area (Å²) < 4.78 is 4.89. The summed E-state index contributed by atoms with van der Waals surface area (Å²) in [6.07, 6.45) is 1.26. The summed E-state index contributed by atoms with van der Waals surface area (Å²) in [5, 5.41) is 3.27. The van der Waals surface area contributed by atoms with E-state index in [4.69, 9.17) is 4.74 Å². The van der Waals surface area contributed by atoms with Crippen molar-refractivity contribution in [1.29, 1.82) is 0 Å². The predicted molar refractivity (Wildman–Crippen MR) is 107 cm³/mol. The number of amides is 2. The van der Waals surface area contributed by atoms with Gasteiger partial charge in [-0.1, -0.05) is 44.7 Å². The molecule has 1 N–H and O–H groups in total. The van der Waals surface area contributed by atoms with Crippen molar-refractivity contribution < 1.29 is 19.1 Å². The van der Waals surface area contributed by atoms with Gasteiger partial charge in [0.1, 0.15) is 6.04 Å². The third kappa shape index (κ3) is 5.35. The van der Waals surface area contributed by atoms with Gasteiger partial charge in [-0.2, -0.15) is 0 Å². The molecule has 0 aromatic heterocycles. The van der Waals surface area contributed by atoms with Crippen molar-refractivity contribution in [3.63, 3.8) is 0 Å². The van der Waals surface area contributed by atoms with E-state index in [9.17, 15) is 14.4 Å². The molecule has 2 rings (SSSR count). The zero-order chi connectivity index (χ0) is 20.2. The molecule has 1 aliphatic rings. The molecule has 0 bridgehead atoms. The number of rotatable bonds is 5. The number of ether oxygens (including phenoxy) is 1. The summed E-state index contributed by atoms with van der Waals surface area (Å²) in [6.45, 7) is 9.97. The molecule has 27 heavy (non-hydrogen) atoms. The molecular formula is C20H26N2O4S. The molecule has 0 spiro atoms. The lowest BCUT2D eigenvalue weighted by Crippen LogP contribution is -2.42. The summed E-state index contributed by atoms with van der Waals surface area (Å²) >= 11 is 1.23. The smallest absolute Gasteiger partial charge is 0.333 e. The van der Waals surface area contributed by atoms with Gasteiger partial charge >= 0.3 is 5.97 Å². The summed E-state index contributed by atoms with van der Waals surface area (Å²) in [6, 6.07) is 6.91. The van der Waals surface area contributed by atoms with Gasteiger partial charge < -0.3 is 10.1 Å². The Balaban J connectivity index is 2.11. The highest BCUT2D eigenvalue weighted by Crippen LogP contribution is 2.31. The fourth-order valence-electron chi connectivity index (χ4n) is 2.62. The van der Waals surface area contributed by atoms with E-state index in [0.29, 0.717) is 10.7 Å². The lowest BCUT2D eigenvalue weighted by Gasteiger charge is -2.24. The van der Waals surface area contributed by atoms with Gasteiger partial charge in [-0.15, -0.1) is 0 Å². The largest absolute Gasteiger partial charge is 0.463 e. The minimum atomic E-state index is -0.740. The molecule has 1 aliphatic heterocycles. The molecular weight excluding hydrogens is 364 g/mol. The first kappa shape index (κ1) is 21.0. The van der Waals surface area contributed by atoms with E-state index in [-0.39, 0.29) is 29.6 Å². The van der Waals surface area contributed by atoms with Crippen molar-refractivity contribution in [3.8, 4) is 0 Å². The highest BCUT2D eigenvalue weighted by atomic mass is 32.2. The van der Waals surface area contributed by atoms with Crippen LogP contribution in [0.1, 0.15) is 40.2 Å². The number of anilines is 1. The third-order valence-corrected chi connectivity index (χ3v) is 5.16. The highest BCUT2D eigenvalue weighted by molar-refractivity contribution is 8.04. The molecule has 1 atom stereocenters. The van der Waals surface area contributed by atoms with E-state index in [0.717, 1.165) is 0 Å². The lowest BCUT2D eigenvalue weighted by atomic mass is 9.87. The first-order valence-corrected chi connectivity index (χ1v) is 9.86. The molecule has 0 radical (unpaired) electrons. The molecule has 1 fully saturated rings. The van der Waals surface area contributed by atoms with E-state index in [1.165, 1.54) is 28.3 Å². The van der Waals surface area contributed by atoms with Gasteiger partial charge in [0.25, 0.3) is 0 Å². The Morgan fingerprint density at radius 2 is 1.93 bits per heavy atom. The van der Waals surface area contributed by atoms with Crippen LogP contribution in [0.3, 0.4) is 0 Å². The maximum Gasteiger partial charge on any atom is 0.333 e. The maximum atomic E-state index is 12.6. The van der Waals surface area contributed by atoms with Crippen molar-refractivity contribution in [2.75, 3.05) is 17.7 Å². The number of thioether (sulfide) groups is 1. The second-order valence-electron chi connectivity index (χ2n) is 7.28. The van der Waals surface area contributed by atoms with Gasteiger partial charge in [-0.25, -0.2) is 4.79 Å². The lowest BCUT2D eigenvalue weighted by molar-refractivity contribution is -0.137. The molecule has 6 nitrogen and oxygen atoms in total. The molecule has 1 aromatic carbocycles.